The average molecular weight is 1070 g/mol. The van der Waals surface area contributed by atoms with Gasteiger partial charge in [0.05, 0.1) is 0 Å². The maximum atomic E-state index is 3.05. The van der Waals surface area contributed by atoms with E-state index < -0.39 is 0 Å². The van der Waals surface area contributed by atoms with Crippen LogP contribution in [0.1, 0.15) is 48.9 Å². The normalized spacial score (nSPS) is 11.6. The zero-order valence-electron chi connectivity index (χ0n) is 38.4. The summed E-state index contributed by atoms with van der Waals surface area (Å²) >= 11 is 2.92. The second-order valence-corrected chi connectivity index (χ2v) is 18.3. The second kappa shape index (κ2) is 28.8. The molecule has 0 unspecified atom stereocenters. The molecule has 2 aliphatic rings. The Bertz CT molecular complexity index is 2820. The molecule has 10 aromatic rings. The molecule has 0 aromatic heterocycles. The quantitative estimate of drug-likeness (QED) is 0.154. The minimum atomic E-state index is 0. The van der Waals surface area contributed by atoms with Gasteiger partial charge in [0.2, 0.25) is 0 Å². The molecule has 0 atom stereocenters. The predicted molar refractivity (Wildman–Crippen MR) is 279 cm³/mol. The van der Waals surface area contributed by atoms with Crippen molar-refractivity contribution < 1.29 is 73.3 Å². The Morgan fingerprint density at radius 2 is 0.559 bits per heavy atom. The first kappa shape index (κ1) is 53.5. The molecule has 0 spiro atoms. The number of fused-ring (bicyclic) bond motifs is 6. The Labute approximate surface area is 445 Å². The molecule has 0 nitrogen and oxygen atoms in total. The van der Waals surface area contributed by atoms with E-state index >= 15 is 0 Å². The summed E-state index contributed by atoms with van der Waals surface area (Å²) in [6.45, 7) is 4.17. The fraction of sp³-hybridized carbons (Fsp3) is 0.0625. The number of rotatable bonds is 4. The van der Waals surface area contributed by atoms with Gasteiger partial charge in [-0.2, -0.15) is 12.2 Å². The van der Waals surface area contributed by atoms with Crippen LogP contribution in [-0.2, 0) is 48.5 Å². The third kappa shape index (κ3) is 15.8. The van der Waals surface area contributed by atoms with Gasteiger partial charge < -0.3 is 24.8 Å². The largest absolute Gasteiger partial charge is 0.126 e. The SMILES string of the molecule is CC1=CC[C-]=C1.CC1=CC[C-]=C1.[Cl-].[Cl-].[Zr+2]=[C](c1ccccc1)c1ccccc1.[Zr+2]=[C](c1ccccc1)c1ccccc1.c1ccc2c(c1)[cH-]c1ccccc12.c1ccc2c(c1)[cH-]c1ccccc12. The fourth-order valence-corrected chi connectivity index (χ4v) is 9.20. The zero-order chi connectivity index (χ0) is 45.8. The summed E-state index contributed by atoms with van der Waals surface area (Å²) in [4.78, 5) is 0. The van der Waals surface area contributed by atoms with Crippen molar-refractivity contribution in [2.75, 3.05) is 0 Å². The molecular weight excluding hydrogens is 1020 g/mol. The van der Waals surface area contributed by atoms with Gasteiger partial charge in [0.15, 0.2) is 0 Å². The van der Waals surface area contributed by atoms with Crippen molar-refractivity contribution in [3.05, 3.63) is 300 Å². The first-order valence-electron chi connectivity index (χ1n) is 22.4. The molecule has 0 saturated carbocycles. The van der Waals surface area contributed by atoms with Gasteiger partial charge >= 0.3 is 198 Å². The number of hydrogen-bond acceptors (Lipinski definition) is 0. The van der Waals surface area contributed by atoms with Gasteiger partial charge in [0.25, 0.3) is 0 Å². The molecule has 0 aliphatic heterocycles. The molecule has 0 bridgehead atoms. The van der Waals surface area contributed by atoms with Crippen molar-refractivity contribution in [1.82, 2.24) is 0 Å². The first-order chi connectivity index (χ1) is 32.4. The van der Waals surface area contributed by atoms with Crippen LogP contribution in [0.15, 0.2) is 266 Å². The van der Waals surface area contributed by atoms with Crippen LogP contribution >= 0.6 is 0 Å². The topological polar surface area (TPSA) is 0 Å². The van der Waals surface area contributed by atoms with E-state index in [1.54, 1.807) is 0 Å². The Hall–Kier alpha value is -5.45. The van der Waals surface area contributed by atoms with Crippen LogP contribution in [0.4, 0.5) is 0 Å². The van der Waals surface area contributed by atoms with Crippen molar-refractivity contribution in [2.24, 2.45) is 0 Å². The van der Waals surface area contributed by atoms with E-state index in [-0.39, 0.29) is 24.8 Å². The minimum absolute atomic E-state index is 0. The minimum Gasteiger partial charge on any atom is -0.126 e. The van der Waals surface area contributed by atoms with Gasteiger partial charge in [0.1, 0.15) is 0 Å². The molecular formula is C64H52Cl2Zr2-2. The van der Waals surface area contributed by atoms with E-state index in [4.69, 9.17) is 0 Å². The Morgan fingerprint density at radius 3 is 0.750 bits per heavy atom. The Kier molecular flexibility index (Phi) is 22.6. The molecule has 0 heterocycles. The van der Waals surface area contributed by atoms with E-state index in [2.05, 4.69) is 269 Å². The van der Waals surface area contributed by atoms with Gasteiger partial charge in [-0.15, -0.1) is 106 Å². The molecule has 0 amide bonds. The molecule has 4 heteroatoms. The molecule has 0 radical (unpaired) electrons. The van der Waals surface area contributed by atoms with Crippen LogP contribution in [0.5, 0.6) is 0 Å². The number of allylic oxidation sites excluding steroid dienone is 8. The fourth-order valence-electron chi connectivity index (χ4n) is 7.56. The van der Waals surface area contributed by atoms with Gasteiger partial charge in [-0.3, -0.25) is 12.2 Å². The van der Waals surface area contributed by atoms with Gasteiger partial charge in [0, 0.05) is 0 Å². The average Bonchev–Trinajstić information content (AvgIpc) is 4.23. The Balaban J connectivity index is 0.000000155. The van der Waals surface area contributed by atoms with Gasteiger partial charge in [-0.25, -0.2) is 23.3 Å². The molecule has 12 rings (SSSR count). The summed E-state index contributed by atoms with van der Waals surface area (Å²) < 4.78 is 2.83. The van der Waals surface area contributed by atoms with Crippen molar-refractivity contribution in [2.45, 2.75) is 26.7 Å². The van der Waals surface area contributed by atoms with E-state index in [1.807, 2.05) is 12.2 Å². The number of benzene rings is 8. The molecule has 0 N–H and O–H groups in total. The summed E-state index contributed by atoms with van der Waals surface area (Å²) in [5.41, 5.74) is 8.01. The number of hydrogen-bond donors (Lipinski definition) is 0. The van der Waals surface area contributed by atoms with E-state index in [9.17, 15) is 0 Å². The molecule has 10 aromatic carbocycles. The Morgan fingerprint density at radius 1 is 0.338 bits per heavy atom. The van der Waals surface area contributed by atoms with Crippen molar-refractivity contribution in [1.29, 1.82) is 0 Å². The monoisotopic (exact) mass is 1070 g/mol. The summed E-state index contributed by atoms with van der Waals surface area (Å²) in [6.07, 6.45) is 16.5. The second-order valence-electron chi connectivity index (χ2n) is 15.9. The number of halogens is 2. The molecule has 332 valence electrons. The zero-order valence-corrected chi connectivity index (χ0v) is 44.8. The van der Waals surface area contributed by atoms with Crippen molar-refractivity contribution in [3.8, 4) is 0 Å². The van der Waals surface area contributed by atoms with Crippen LogP contribution in [0.25, 0.3) is 43.1 Å². The molecule has 2 aliphatic carbocycles. The summed E-state index contributed by atoms with van der Waals surface area (Å²) in [5.74, 6) is 0. The molecule has 0 fully saturated rings. The van der Waals surface area contributed by atoms with Crippen LogP contribution in [0, 0.1) is 12.2 Å². The predicted octanol–water partition coefficient (Wildman–Crippen LogP) is 10.4. The van der Waals surface area contributed by atoms with Gasteiger partial charge in [-0.05, 0) is 0 Å². The van der Waals surface area contributed by atoms with E-state index in [1.165, 1.54) is 131 Å². The van der Waals surface area contributed by atoms with Crippen LogP contribution in [0.3, 0.4) is 0 Å². The van der Waals surface area contributed by atoms with Crippen LogP contribution < -0.4 is 24.8 Å². The summed E-state index contributed by atoms with van der Waals surface area (Å²) in [6, 6.07) is 80.8. The van der Waals surface area contributed by atoms with E-state index in [0.29, 0.717) is 0 Å². The van der Waals surface area contributed by atoms with Crippen molar-refractivity contribution >= 4 is 49.5 Å². The van der Waals surface area contributed by atoms with Crippen LogP contribution in [0.2, 0.25) is 0 Å². The maximum absolute atomic E-state index is 3.05. The van der Waals surface area contributed by atoms with Gasteiger partial charge in [-0.1, -0.05) is 72.8 Å². The third-order valence-corrected chi connectivity index (χ3v) is 13.9. The molecule has 0 saturated heterocycles. The summed E-state index contributed by atoms with van der Waals surface area (Å²) in [5, 5.41) is 10.8. The van der Waals surface area contributed by atoms with E-state index in [0.717, 1.165) is 12.8 Å². The van der Waals surface area contributed by atoms with Crippen LogP contribution in [-0.4, -0.2) is 6.41 Å². The summed E-state index contributed by atoms with van der Waals surface area (Å²) in [7, 11) is 0. The smallest absolute Gasteiger partial charge is 0.0771 e. The maximum Gasteiger partial charge on any atom is -0.0771 e. The first-order valence-corrected chi connectivity index (χ1v) is 24.8. The van der Waals surface area contributed by atoms with Crippen molar-refractivity contribution in [3.63, 3.8) is 0 Å². The molecule has 68 heavy (non-hydrogen) atoms. The third-order valence-electron chi connectivity index (χ3n) is 11.0. The standard InChI is InChI=1S/2C13H9.2C13H10.2C6H7.2ClH.2Zr/c2*1-3-7-12-10(5-1)9-11-6-2-4-8-13(11)12;2*1-3-7-12(8-4-1)11-13-9-5-2-6-10-13;2*1-6-4-2-3-5-6;;;;/h2*1-9H;2*1-10H;2*4-5H,2H2,1H3;2*1H;;/q2*-1;;;2*-1;;;2*+2/p-2.